The van der Waals surface area contributed by atoms with Crippen molar-refractivity contribution in [1.29, 1.82) is 0 Å². The summed E-state index contributed by atoms with van der Waals surface area (Å²) in [6, 6.07) is 7.81. The molecule has 2 rings (SSSR count). The van der Waals surface area contributed by atoms with E-state index < -0.39 is 0 Å². The van der Waals surface area contributed by atoms with Crippen LogP contribution in [0.4, 0.5) is 0 Å². The normalized spacial score (nSPS) is 12.1. The Kier molecular flexibility index (Phi) is 5.10. The first-order valence-electron chi connectivity index (χ1n) is 8.90. The highest BCUT2D eigenvalue weighted by atomic mass is 16.3. The Balaban J connectivity index is 2.91. The summed E-state index contributed by atoms with van der Waals surface area (Å²) in [5.41, 5.74) is 4.48. The van der Waals surface area contributed by atoms with Crippen LogP contribution in [0.15, 0.2) is 37.4 Å². The predicted octanol–water partition coefficient (Wildman–Crippen LogP) is 6.65. The molecular formula is C24H30O2. The van der Waals surface area contributed by atoms with Gasteiger partial charge in [0.25, 0.3) is 0 Å². The van der Waals surface area contributed by atoms with Gasteiger partial charge in [0.15, 0.2) is 0 Å². The fourth-order valence-electron chi connectivity index (χ4n) is 2.90. The molecule has 0 spiro atoms. The van der Waals surface area contributed by atoms with E-state index in [4.69, 9.17) is 0 Å². The second-order valence-electron chi connectivity index (χ2n) is 8.83. The average Bonchev–Trinajstić information content (AvgIpc) is 2.53. The second-order valence-corrected chi connectivity index (χ2v) is 8.83. The quantitative estimate of drug-likeness (QED) is 0.651. The lowest BCUT2D eigenvalue weighted by atomic mass is 9.81. The lowest BCUT2D eigenvalue weighted by molar-refractivity contribution is 0.466. The smallest absolute Gasteiger partial charge is 0.130 e. The Hall–Kier alpha value is -2.48. The molecule has 26 heavy (non-hydrogen) atoms. The van der Waals surface area contributed by atoms with E-state index in [-0.39, 0.29) is 22.3 Å². The van der Waals surface area contributed by atoms with Gasteiger partial charge in [0.05, 0.1) is 0 Å². The molecule has 0 radical (unpaired) electrons. The van der Waals surface area contributed by atoms with Crippen molar-refractivity contribution in [3.8, 4) is 22.6 Å². The molecule has 0 aromatic heterocycles. The molecule has 0 saturated heterocycles. The van der Waals surface area contributed by atoms with Crippen molar-refractivity contribution in [1.82, 2.24) is 0 Å². The van der Waals surface area contributed by atoms with E-state index in [1.807, 2.05) is 24.3 Å². The van der Waals surface area contributed by atoms with Crippen molar-refractivity contribution < 1.29 is 10.2 Å². The lowest BCUT2D eigenvalue weighted by Gasteiger charge is -2.24. The molecule has 0 aliphatic carbocycles. The summed E-state index contributed by atoms with van der Waals surface area (Å²) >= 11 is 0. The van der Waals surface area contributed by atoms with Crippen LogP contribution in [0.5, 0.6) is 11.5 Å². The SMILES string of the molecule is C=Cc1cc(C(C)(C)C)cc(-c2cc(C(C)(C)C)cc(C=C)c2O)c1O. The largest absolute Gasteiger partial charge is 0.507 e. The summed E-state index contributed by atoms with van der Waals surface area (Å²) < 4.78 is 0. The minimum Gasteiger partial charge on any atom is -0.507 e. The Morgan fingerprint density at radius 3 is 1.19 bits per heavy atom. The summed E-state index contributed by atoms with van der Waals surface area (Å²) in [6.45, 7) is 20.4. The first kappa shape index (κ1) is 19.8. The predicted molar refractivity (Wildman–Crippen MR) is 113 cm³/mol. The maximum atomic E-state index is 10.8. The molecule has 2 nitrogen and oxygen atoms in total. The standard InChI is InChI=1S/C24H30O2/c1-9-15-11-17(23(3,4)5)13-19(21(15)25)20-14-18(24(6,7)8)12-16(10-2)22(20)26/h9-14,25-26H,1-2H2,3-8H3. The molecule has 2 heteroatoms. The molecule has 0 atom stereocenters. The van der Waals surface area contributed by atoms with Crippen LogP contribution in [-0.4, -0.2) is 10.2 Å². The van der Waals surface area contributed by atoms with Crippen LogP contribution in [0.1, 0.15) is 63.8 Å². The van der Waals surface area contributed by atoms with Gasteiger partial charge in [0.1, 0.15) is 11.5 Å². The van der Waals surface area contributed by atoms with Gasteiger partial charge in [-0.3, -0.25) is 0 Å². The van der Waals surface area contributed by atoms with Crippen molar-refractivity contribution in [2.75, 3.05) is 0 Å². The average molecular weight is 351 g/mol. The van der Waals surface area contributed by atoms with Crippen LogP contribution >= 0.6 is 0 Å². The van der Waals surface area contributed by atoms with E-state index in [1.54, 1.807) is 12.2 Å². The molecule has 0 bridgehead atoms. The van der Waals surface area contributed by atoms with Crippen LogP contribution in [0.25, 0.3) is 23.3 Å². The third kappa shape index (κ3) is 3.70. The monoisotopic (exact) mass is 350 g/mol. The zero-order chi connectivity index (χ0) is 19.9. The van der Waals surface area contributed by atoms with Gasteiger partial charge in [0.2, 0.25) is 0 Å². The molecule has 2 aromatic rings. The van der Waals surface area contributed by atoms with Gasteiger partial charge in [-0.15, -0.1) is 0 Å². The molecule has 0 amide bonds. The molecule has 0 aliphatic rings. The minimum absolute atomic E-state index is 0.0985. The number of benzene rings is 2. The van der Waals surface area contributed by atoms with E-state index in [9.17, 15) is 10.2 Å². The molecule has 0 unspecified atom stereocenters. The molecule has 0 saturated carbocycles. The van der Waals surface area contributed by atoms with Crippen LogP contribution in [0, 0.1) is 0 Å². The Bertz CT molecular complexity index is 786. The molecule has 0 fully saturated rings. The Morgan fingerprint density at radius 1 is 0.654 bits per heavy atom. The first-order valence-corrected chi connectivity index (χ1v) is 8.90. The number of phenolic OH excluding ortho intramolecular Hbond substituents is 2. The number of hydrogen-bond donors (Lipinski definition) is 2. The fraction of sp³-hybridized carbons (Fsp3) is 0.333. The molecule has 2 aromatic carbocycles. The van der Waals surface area contributed by atoms with Crippen molar-refractivity contribution in [3.63, 3.8) is 0 Å². The summed E-state index contributed by atoms with van der Waals surface area (Å²) in [5.74, 6) is 0.258. The van der Waals surface area contributed by atoms with Gasteiger partial charge in [-0.25, -0.2) is 0 Å². The highest BCUT2D eigenvalue weighted by molar-refractivity contribution is 5.83. The first-order chi connectivity index (χ1) is 11.9. The molecule has 2 N–H and O–H groups in total. The number of phenols is 2. The maximum absolute atomic E-state index is 10.8. The zero-order valence-corrected chi connectivity index (χ0v) is 16.8. The van der Waals surface area contributed by atoms with Gasteiger partial charge < -0.3 is 10.2 Å². The van der Waals surface area contributed by atoms with E-state index in [0.717, 1.165) is 11.1 Å². The second kappa shape index (κ2) is 6.68. The van der Waals surface area contributed by atoms with Crippen molar-refractivity contribution in [2.45, 2.75) is 52.4 Å². The van der Waals surface area contributed by atoms with E-state index in [2.05, 4.69) is 54.7 Å². The molecule has 0 aliphatic heterocycles. The van der Waals surface area contributed by atoms with Gasteiger partial charge in [-0.2, -0.15) is 0 Å². The summed E-state index contributed by atoms with van der Waals surface area (Å²) in [7, 11) is 0. The van der Waals surface area contributed by atoms with Gasteiger partial charge in [-0.1, -0.05) is 66.9 Å². The summed E-state index contributed by atoms with van der Waals surface area (Å²) in [6.07, 6.45) is 3.29. The van der Waals surface area contributed by atoms with Crippen molar-refractivity contribution in [3.05, 3.63) is 59.7 Å². The highest BCUT2D eigenvalue weighted by Crippen LogP contribution is 2.44. The van der Waals surface area contributed by atoms with Crippen LogP contribution in [0.3, 0.4) is 0 Å². The van der Waals surface area contributed by atoms with E-state index in [1.165, 1.54) is 0 Å². The number of aromatic hydroxyl groups is 2. The molecule has 138 valence electrons. The number of hydrogen-bond acceptors (Lipinski definition) is 2. The minimum atomic E-state index is -0.0985. The molecule has 0 heterocycles. The fourth-order valence-corrected chi connectivity index (χ4v) is 2.90. The topological polar surface area (TPSA) is 40.5 Å². The Morgan fingerprint density at radius 2 is 0.962 bits per heavy atom. The number of rotatable bonds is 3. The lowest BCUT2D eigenvalue weighted by Crippen LogP contribution is -2.12. The van der Waals surface area contributed by atoms with E-state index >= 15 is 0 Å². The maximum Gasteiger partial charge on any atom is 0.130 e. The van der Waals surface area contributed by atoms with Crippen molar-refractivity contribution >= 4 is 12.2 Å². The van der Waals surface area contributed by atoms with Crippen LogP contribution in [-0.2, 0) is 10.8 Å². The summed E-state index contributed by atoms with van der Waals surface area (Å²) in [4.78, 5) is 0. The highest BCUT2D eigenvalue weighted by Gasteiger charge is 2.23. The third-order valence-corrected chi connectivity index (χ3v) is 4.74. The van der Waals surface area contributed by atoms with Gasteiger partial charge in [0, 0.05) is 22.3 Å². The third-order valence-electron chi connectivity index (χ3n) is 4.74. The zero-order valence-electron chi connectivity index (χ0n) is 16.8. The Labute approximate surface area is 157 Å². The van der Waals surface area contributed by atoms with Crippen molar-refractivity contribution in [2.24, 2.45) is 0 Å². The van der Waals surface area contributed by atoms with Gasteiger partial charge >= 0.3 is 0 Å². The van der Waals surface area contributed by atoms with Crippen LogP contribution < -0.4 is 0 Å². The van der Waals surface area contributed by atoms with Crippen LogP contribution in [0.2, 0.25) is 0 Å². The van der Waals surface area contributed by atoms with Gasteiger partial charge in [-0.05, 0) is 46.2 Å². The molecular weight excluding hydrogens is 320 g/mol. The van der Waals surface area contributed by atoms with E-state index in [0.29, 0.717) is 22.3 Å². The summed E-state index contributed by atoms with van der Waals surface area (Å²) in [5, 5.41) is 21.6.